The van der Waals surface area contributed by atoms with Crippen LogP contribution in [-0.2, 0) is 0 Å². The Bertz CT molecular complexity index is 3580. The number of aromatic nitrogens is 2. The second-order valence-corrected chi connectivity index (χ2v) is 16.2. The van der Waals surface area contributed by atoms with Crippen molar-refractivity contribution < 1.29 is 0 Å². The normalized spacial score (nSPS) is 11.5. The van der Waals surface area contributed by atoms with Crippen molar-refractivity contribution in [3.63, 3.8) is 0 Å². The molecule has 10 aromatic carbocycles. The van der Waals surface area contributed by atoms with Gasteiger partial charge in [-0.2, -0.15) is 0 Å². The van der Waals surface area contributed by atoms with Gasteiger partial charge < -0.3 is 9.13 Å². The first kappa shape index (κ1) is 35.7. The summed E-state index contributed by atoms with van der Waals surface area (Å²) in [5.41, 5.74) is 19.2. The van der Waals surface area contributed by atoms with Crippen molar-refractivity contribution in [1.29, 1.82) is 0 Å². The first-order chi connectivity index (χ1) is 30.7. The van der Waals surface area contributed by atoms with Gasteiger partial charge in [0.2, 0.25) is 0 Å². The van der Waals surface area contributed by atoms with Crippen molar-refractivity contribution in [2.75, 3.05) is 0 Å². The average Bonchev–Trinajstić information content (AvgIpc) is 3.87. The van der Waals surface area contributed by atoms with Crippen LogP contribution in [0.2, 0.25) is 0 Å². The molecule has 0 fully saturated rings. The Kier molecular flexibility index (Phi) is 8.53. The van der Waals surface area contributed by atoms with Crippen molar-refractivity contribution in [1.82, 2.24) is 9.13 Å². The van der Waals surface area contributed by atoms with E-state index in [-0.39, 0.29) is 0 Å². The minimum atomic E-state index is 1.15. The Morgan fingerprint density at radius 3 is 1.02 bits per heavy atom. The van der Waals surface area contributed by atoms with Gasteiger partial charge in [-0.1, -0.05) is 176 Å². The molecule has 0 bridgehead atoms. The minimum Gasteiger partial charge on any atom is -0.309 e. The summed E-state index contributed by atoms with van der Waals surface area (Å²) >= 11 is 0. The molecule has 12 rings (SSSR count). The molecule has 2 nitrogen and oxygen atoms in total. The lowest BCUT2D eigenvalue weighted by Crippen LogP contribution is -1.94. The molecule has 0 saturated heterocycles. The number of benzene rings is 10. The number of hydrogen-bond acceptors (Lipinski definition) is 0. The van der Waals surface area contributed by atoms with E-state index in [2.05, 4.69) is 252 Å². The van der Waals surface area contributed by atoms with E-state index >= 15 is 0 Å². The van der Waals surface area contributed by atoms with Gasteiger partial charge in [-0.3, -0.25) is 0 Å². The van der Waals surface area contributed by atoms with Crippen LogP contribution in [0.25, 0.3) is 111 Å². The van der Waals surface area contributed by atoms with Crippen LogP contribution in [0.5, 0.6) is 0 Å². The monoisotopic (exact) mass is 788 g/mol. The van der Waals surface area contributed by atoms with Crippen molar-refractivity contribution >= 4 is 43.6 Å². The molecule has 0 saturated carbocycles. The van der Waals surface area contributed by atoms with Crippen LogP contribution in [0.3, 0.4) is 0 Å². The number of fused-ring (bicyclic) bond motifs is 6. The lowest BCUT2D eigenvalue weighted by molar-refractivity contribution is 1.18. The highest BCUT2D eigenvalue weighted by Gasteiger charge is 2.17. The van der Waals surface area contributed by atoms with E-state index in [9.17, 15) is 0 Å². The molecule has 0 aliphatic carbocycles. The van der Waals surface area contributed by atoms with E-state index < -0.39 is 0 Å². The van der Waals surface area contributed by atoms with Gasteiger partial charge >= 0.3 is 0 Å². The molecule has 290 valence electrons. The van der Waals surface area contributed by atoms with E-state index in [0.29, 0.717) is 0 Å². The zero-order valence-electron chi connectivity index (χ0n) is 34.0. The fourth-order valence-electron chi connectivity index (χ4n) is 9.47. The van der Waals surface area contributed by atoms with Gasteiger partial charge in [0, 0.05) is 32.9 Å². The van der Waals surface area contributed by atoms with E-state index in [1.165, 1.54) is 99.2 Å². The summed E-state index contributed by atoms with van der Waals surface area (Å²) in [4.78, 5) is 0. The number of para-hydroxylation sites is 1. The predicted octanol–water partition coefficient (Wildman–Crippen LogP) is 16.2. The summed E-state index contributed by atoms with van der Waals surface area (Å²) in [7, 11) is 0. The van der Waals surface area contributed by atoms with Crippen LogP contribution in [0.15, 0.2) is 243 Å². The number of rotatable bonds is 7. The van der Waals surface area contributed by atoms with Crippen molar-refractivity contribution in [2.45, 2.75) is 0 Å². The lowest BCUT2D eigenvalue weighted by Gasteiger charge is -2.11. The SMILES string of the molecule is c1ccc(-c2ccc(-c3ccc(-n4c5ccccc5c5cc(-c6ccc7c(c6)c6cc(-c8ccccc8)ccc6n7-c6cccc(-c7ccccc7)c6)ccc54)cc3)cc2)cc1. The van der Waals surface area contributed by atoms with Gasteiger partial charge in [0.05, 0.1) is 22.1 Å². The maximum absolute atomic E-state index is 2.43. The molecule has 2 heterocycles. The highest BCUT2D eigenvalue weighted by atomic mass is 15.0. The molecule has 2 heteroatoms. The smallest absolute Gasteiger partial charge is 0.0541 e. The third-order valence-electron chi connectivity index (χ3n) is 12.5. The third-order valence-corrected chi connectivity index (χ3v) is 12.5. The Morgan fingerprint density at radius 1 is 0.177 bits per heavy atom. The standard InChI is InChI=1S/C60H40N2/c1-4-13-41(14-5-1)44-23-25-45(26-24-44)46-27-32-51(33-28-46)61-57-22-11-10-21-53(57)54-39-49(30-35-58(54)61)50-31-36-60-56(40-50)55-38-48(43-17-8-3-9-18-43)29-34-59(55)62(60)52-20-12-19-47(37-52)42-15-6-2-7-16-42/h1-40H. The van der Waals surface area contributed by atoms with Gasteiger partial charge in [0.25, 0.3) is 0 Å². The molecule has 0 unspecified atom stereocenters. The molecule has 0 radical (unpaired) electrons. The molecule has 0 spiro atoms. The zero-order chi connectivity index (χ0) is 41.0. The minimum absolute atomic E-state index is 1.15. The summed E-state index contributed by atoms with van der Waals surface area (Å²) < 4.78 is 4.83. The van der Waals surface area contributed by atoms with E-state index in [1.807, 2.05) is 0 Å². The van der Waals surface area contributed by atoms with Crippen LogP contribution >= 0.6 is 0 Å². The van der Waals surface area contributed by atoms with Gasteiger partial charge in [-0.05, 0) is 122 Å². The van der Waals surface area contributed by atoms with Crippen LogP contribution < -0.4 is 0 Å². The van der Waals surface area contributed by atoms with Crippen molar-refractivity contribution in [3.8, 4) is 67.0 Å². The number of hydrogen-bond donors (Lipinski definition) is 0. The van der Waals surface area contributed by atoms with E-state index in [4.69, 9.17) is 0 Å². The van der Waals surface area contributed by atoms with Crippen LogP contribution in [0.1, 0.15) is 0 Å². The van der Waals surface area contributed by atoms with Crippen LogP contribution in [-0.4, -0.2) is 9.13 Å². The second kappa shape index (κ2) is 14.8. The largest absolute Gasteiger partial charge is 0.309 e. The first-order valence-electron chi connectivity index (χ1n) is 21.3. The molecule has 0 aliphatic heterocycles. The van der Waals surface area contributed by atoms with Gasteiger partial charge in [0.15, 0.2) is 0 Å². The van der Waals surface area contributed by atoms with Gasteiger partial charge in [-0.15, -0.1) is 0 Å². The van der Waals surface area contributed by atoms with Crippen LogP contribution in [0.4, 0.5) is 0 Å². The molecule has 0 N–H and O–H groups in total. The van der Waals surface area contributed by atoms with Gasteiger partial charge in [0.1, 0.15) is 0 Å². The van der Waals surface area contributed by atoms with Crippen molar-refractivity contribution in [2.24, 2.45) is 0 Å². The maximum Gasteiger partial charge on any atom is 0.0541 e. The highest BCUT2D eigenvalue weighted by Crippen LogP contribution is 2.40. The van der Waals surface area contributed by atoms with E-state index in [0.717, 1.165) is 11.4 Å². The fraction of sp³-hybridized carbons (Fsp3) is 0. The zero-order valence-corrected chi connectivity index (χ0v) is 34.0. The summed E-state index contributed by atoms with van der Waals surface area (Å²) in [5, 5.41) is 4.96. The fourth-order valence-corrected chi connectivity index (χ4v) is 9.47. The third kappa shape index (κ3) is 6.12. The Balaban J connectivity index is 0.961. The second-order valence-electron chi connectivity index (χ2n) is 16.2. The molecule has 2 aromatic heterocycles. The molecular formula is C60H40N2. The topological polar surface area (TPSA) is 9.86 Å². The average molecular weight is 789 g/mol. The quantitative estimate of drug-likeness (QED) is 0.152. The molecule has 0 atom stereocenters. The molecular weight excluding hydrogens is 749 g/mol. The Hall–Kier alpha value is -8.20. The molecule has 0 aliphatic rings. The predicted molar refractivity (Wildman–Crippen MR) is 262 cm³/mol. The Labute approximate surface area is 360 Å². The summed E-state index contributed by atoms with van der Waals surface area (Å²) in [5.74, 6) is 0. The summed E-state index contributed by atoms with van der Waals surface area (Å²) in [6, 6.07) is 88.4. The van der Waals surface area contributed by atoms with E-state index in [1.54, 1.807) is 0 Å². The Morgan fingerprint density at radius 2 is 0.500 bits per heavy atom. The molecule has 62 heavy (non-hydrogen) atoms. The lowest BCUT2D eigenvalue weighted by atomic mass is 9.99. The number of nitrogens with zero attached hydrogens (tertiary/aromatic N) is 2. The highest BCUT2D eigenvalue weighted by molar-refractivity contribution is 6.13. The van der Waals surface area contributed by atoms with Gasteiger partial charge in [-0.25, -0.2) is 0 Å². The van der Waals surface area contributed by atoms with Crippen LogP contribution in [0, 0.1) is 0 Å². The summed E-state index contributed by atoms with van der Waals surface area (Å²) in [6.45, 7) is 0. The summed E-state index contributed by atoms with van der Waals surface area (Å²) in [6.07, 6.45) is 0. The maximum atomic E-state index is 2.43. The van der Waals surface area contributed by atoms with Crippen molar-refractivity contribution in [3.05, 3.63) is 243 Å². The molecule has 0 amide bonds. The first-order valence-corrected chi connectivity index (χ1v) is 21.3. The molecule has 12 aromatic rings.